The Labute approximate surface area is 110 Å². The zero-order chi connectivity index (χ0) is 13.1. The molecule has 1 amide bonds. The topological polar surface area (TPSA) is 72.9 Å². The maximum atomic E-state index is 11.9. The molecule has 1 aromatic carbocycles. The monoisotopic (exact) mass is 264 g/mol. The van der Waals surface area contributed by atoms with Crippen LogP contribution in [0.5, 0.6) is 0 Å². The summed E-state index contributed by atoms with van der Waals surface area (Å²) in [7, 11) is 1.75. The van der Waals surface area contributed by atoms with Crippen LogP contribution in [0, 0.1) is 0 Å². The highest BCUT2D eigenvalue weighted by molar-refractivity contribution is 6.30. The molecule has 2 rings (SSSR count). The van der Waals surface area contributed by atoms with Crippen LogP contribution in [0.3, 0.4) is 0 Å². The fourth-order valence-corrected chi connectivity index (χ4v) is 1.73. The normalized spacial score (nSPS) is 10.3. The van der Waals surface area contributed by atoms with Crippen LogP contribution in [0.4, 0.5) is 5.82 Å². The minimum absolute atomic E-state index is 0.194. The summed E-state index contributed by atoms with van der Waals surface area (Å²) in [5.41, 5.74) is 7.08. The van der Waals surface area contributed by atoms with Crippen LogP contribution >= 0.6 is 11.6 Å². The molecule has 18 heavy (non-hydrogen) atoms. The molecule has 0 fully saturated rings. The second kappa shape index (κ2) is 5.10. The van der Waals surface area contributed by atoms with Gasteiger partial charge in [-0.3, -0.25) is 9.48 Å². The van der Waals surface area contributed by atoms with Crippen molar-refractivity contribution < 1.29 is 4.79 Å². The Morgan fingerprint density at radius 1 is 1.56 bits per heavy atom. The Balaban J connectivity index is 2.03. The van der Waals surface area contributed by atoms with Crippen molar-refractivity contribution in [1.82, 2.24) is 15.1 Å². The molecule has 3 N–H and O–H groups in total. The number of nitrogens with zero attached hydrogens (tertiary/aromatic N) is 2. The molecule has 0 aliphatic rings. The molecular formula is C12H13ClN4O. The Kier molecular flexibility index (Phi) is 3.53. The zero-order valence-corrected chi connectivity index (χ0v) is 10.6. The van der Waals surface area contributed by atoms with Gasteiger partial charge in [0.15, 0.2) is 0 Å². The van der Waals surface area contributed by atoms with Crippen LogP contribution < -0.4 is 11.1 Å². The lowest BCUT2D eigenvalue weighted by atomic mass is 10.2. The van der Waals surface area contributed by atoms with E-state index in [1.807, 2.05) is 0 Å². The average molecular weight is 265 g/mol. The van der Waals surface area contributed by atoms with E-state index >= 15 is 0 Å². The van der Waals surface area contributed by atoms with Gasteiger partial charge in [0.25, 0.3) is 5.91 Å². The van der Waals surface area contributed by atoms with Crippen molar-refractivity contribution in [3.63, 3.8) is 0 Å². The number of hydrogen-bond acceptors (Lipinski definition) is 3. The van der Waals surface area contributed by atoms with Gasteiger partial charge in [-0.15, -0.1) is 0 Å². The third kappa shape index (κ3) is 2.62. The molecule has 5 nitrogen and oxygen atoms in total. The van der Waals surface area contributed by atoms with Gasteiger partial charge in [0.2, 0.25) is 0 Å². The lowest BCUT2D eigenvalue weighted by Crippen LogP contribution is -2.23. The van der Waals surface area contributed by atoms with E-state index in [0.29, 0.717) is 22.9 Å². The number of aryl methyl sites for hydroxylation is 1. The Morgan fingerprint density at radius 3 is 2.94 bits per heavy atom. The van der Waals surface area contributed by atoms with Crippen molar-refractivity contribution in [2.75, 3.05) is 5.73 Å². The number of amides is 1. The van der Waals surface area contributed by atoms with Gasteiger partial charge < -0.3 is 11.1 Å². The standard InChI is InChI=1S/C12H13ClN4O/c1-17-11(14)9(7-16-17)6-15-12(18)8-3-2-4-10(13)5-8/h2-5,7H,6,14H2,1H3,(H,15,18). The fourth-order valence-electron chi connectivity index (χ4n) is 1.54. The van der Waals surface area contributed by atoms with Gasteiger partial charge in [-0.05, 0) is 18.2 Å². The lowest BCUT2D eigenvalue weighted by Gasteiger charge is -2.05. The summed E-state index contributed by atoms with van der Waals surface area (Å²) in [6, 6.07) is 6.77. The first-order valence-corrected chi connectivity index (χ1v) is 5.76. The number of aromatic nitrogens is 2. The van der Waals surface area contributed by atoms with E-state index < -0.39 is 0 Å². The lowest BCUT2D eigenvalue weighted by molar-refractivity contribution is 0.0951. The van der Waals surface area contributed by atoms with Crippen molar-refractivity contribution >= 4 is 23.3 Å². The third-order valence-electron chi connectivity index (χ3n) is 2.59. The number of hydrogen-bond donors (Lipinski definition) is 2. The Morgan fingerprint density at radius 2 is 2.33 bits per heavy atom. The summed E-state index contributed by atoms with van der Waals surface area (Å²) in [5, 5.41) is 7.30. The first-order valence-electron chi connectivity index (χ1n) is 5.38. The molecule has 0 aliphatic heterocycles. The van der Waals surface area contributed by atoms with Gasteiger partial charge in [0, 0.05) is 29.7 Å². The van der Waals surface area contributed by atoms with Crippen LogP contribution in [0.15, 0.2) is 30.5 Å². The zero-order valence-electron chi connectivity index (χ0n) is 9.85. The maximum Gasteiger partial charge on any atom is 0.251 e. The molecule has 6 heteroatoms. The van der Waals surface area contributed by atoms with Crippen LogP contribution in [-0.2, 0) is 13.6 Å². The highest BCUT2D eigenvalue weighted by atomic mass is 35.5. The van der Waals surface area contributed by atoms with Crippen molar-refractivity contribution in [2.45, 2.75) is 6.54 Å². The molecule has 1 aromatic heterocycles. The predicted octanol–water partition coefficient (Wildman–Crippen LogP) is 1.59. The molecular weight excluding hydrogens is 252 g/mol. The Hall–Kier alpha value is -2.01. The first kappa shape index (κ1) is 12.4. The Bertz CT molecular complexity index is 579. The molecule has 0 atom stereocenters. The van der Waals surface area contributed by atoms with Crippen molar-refractivity contribution in [1.29, 1.82) is 0 Å². The van der Waals surface area contributed by atoms with Crippen LogP contribution in [0.25, 0.3) is 0 Å². The number of anilines is 1. The second-order valence-electron chi connectivity index (χ2n) is 3.87. The largest absolute Gasteiger partial charge is 0.384 e. The average Bonchev–Trinajstić information content (AvgIpc) is 2.67. The van der Waals surface area contributed by atoms with E-state index in [4.69, 9.17) is 17.3 Å². The molecule has 2 aromatic rings. The van der Waals surface area contributed by atoms with E-state index in [2.05, 4.69) is 10.4 Å². The fraction of sp³-hybridized carbons (Fsp3) is 0.167. The molecule has 0 unspecified atom stereocenters. The SMILES string of the molecule is Cn1ncc(CNC(=O)c2cccc(Cl)c2)c1N. The summed E-state index contributed by atoms with van der Waals surface area (Å²) in [5.74, 6) is 0.349. The van der Waals surface area contributed by atoms with Crippen molar-refractivity contribution in [3.8, 4) is 0 Å². The summed E-state index contributed by atoms with van der Waals surface area (Å²) in [6.45, 7) is 0.338. The second-order valence-corrected chi connectivity index (χ2v) is 4.31. The smallest absolute Gasteiger partial charge is 0.251 e. The number of nitrogens with one attached hydrogen (secondary N) is 1. The number of carbonyl (C=O) groups is 1. The molecule has 1 heterocycles. The van der Waals surface area contributed by atoms with Crippen molar-refractivity contribution in [3.05, 3.63) is 46.6 Å². The summed E-state index contributed by atoms with van der Waals surface area (Å²) in [6.07, 6.45) is 1.63. The number of rotatable bonds is 3. The molecule has 0 saturated carbocycles. The van der Waals surface area contributed by atoms with Gasteiger partial charge in [0.05, 0.1) is 6.20 Å². The number of nitrogen functional groups attached to an aromatic ring is 1. The molecule has 94 valence electrons. The van der Waals surface area contributed by atoms with E-state index in [0.717, 1.165) is 5.56 Å². The van der Waals surface area contributed by atoms with Crippen LogP contribution in [0.1, 0.15) is 15.9 Å². The van der Waals surface area contributed by atoms with Gasteiger partial charge in [-0.1, -0.05) is 17.7 Å². The predicted molar refractivity (Wildman–Crippen MR) is 70.2 cm³/mol. The number of carbonyl (C=O) groups excluding carboxylic acids is 1. The van der Waals surface area contributed by atoms with Gasteiger partial charge in [0.1, 0.15) is 5.82 Å². The van der Waals surface area contributed by atoms with Gasteiger partial charge in [-0.25, -0.2) is 0 Å². The van der Waals surface area contributed by atoms with E-state index in [-0.39, 0.29) is 5.91 Å². The van der Waals surface area contributed by atoms with Gasteiger partial charge in [-0.2, -0.15) is 5.10 Å². The molecule has 0 saturated heterocycles. The summed E-state index contributed by atoms with van der Waals surface area (Å²) in [4.78, 5) is 11.9. The summed E-state index contributed by atoms with van der Waals surface area (Å²) >= 11 is 5.82. The summed E-state index contributed by atoms with van der Waals surface area (Å²) < 4.78 is 1.56. The minimum Gasteiger partial charge on any atom is -0.384 e. The number of nitrogens with two attached hydrogens (primary N) is 1. The number of halogens is 1. The maximum absolute atomic E-state index is 11.9. The van der Waals surface area contributed by atoms with Crippen molar-refractivity contribution in [2.24, 2.45) is 7.05 Å². The van der Waals surface area contributed by atoms with Crippen LogP contribution in [-0.4, -0.2) is 15.7 Å². The first-order chi connectivity index (χ1) is 8.58. The molecule has 0 spiro atoms. The highest BCUT2D eigenvalue weighted by Gasteiger charge is 2.08. The van der Waals surface area contributed by atoms with Crippen LogP contribution in [0.2, 0.25) is 5.02 Å². The van der Waals surface area contributed by atoms with E-state index in [9.17, 15) is 4.79 Å². The molecule has 0 radical (unpaired) electrons. The number of benzene rings is 1. The molecule has 0 bridgehead atoms. The van der Waals surface area contributed by atoms with E-state index in [1.165, 1.54) is 0 Å². The van der Waals surface area contributed by atoms with Gasteiger partial charge >= 0.3 is 0 Å². The molecule has 0 aliphatic carbocycles. The third-order valence-corrected chi connectivity index (χ3v) is 2.83. The van der Waals surface area contributed by atoms with E-state index in [1.54, 1.807) is 42.2 Å². The minimum atomic E-state index is -0.194. The highest BCUT2D eigenvalue weighted by Crippen LogP contribution is 2.12. The quantitative estimate of drug-likeness (QED) is 0.884.